The normalized spacial score (nSPS) is 21.4. The summed E-state index contributed by atoms with van der Waals surface area (Å²) in [6.45, 7) is 4.13. The maximum atomic E-state index is 6.24. The summed E-state index contributed by atoms with van der Waals surface area (Å²) >= 11 is 24.2. The van der Waals surface area contributed by atoms with Crippen LogP contribution >= 0.6 is 46.4 Å². The number of hydrogen-bond acceptors (Lipinski definition) is 1. The SMILES string of the molecule is CC1(C)OC(c2ccc(Cl)c(Cl)c2)C/C1=C/c1ccc(Cl)c(Cl)c1. The third-order valence-electron chi connectivity index (χ3n) is 4.22. The van der Waals surface area contributed by atoms with E-state index in [9.17, 15) is 0 Å². The summed E-state index contributed by atoms with van der Waals surface area (Å²) < 4.78 is 6.24. The van der Waals surface area contributed by atoms with Crippen molar-refractivity contribution in [3.8, 4) is 0 Å². The molecule has 0 aliphatic carbocycles. The first-order valence-corrected chi connectivity index (χ1v) is 9.06. The summed E-state index contributed by atoms with van der Waals surface area (Å²) in [5.41, 5.74) is 2.85. The molecule has 1 saturated heterocycles. The Morgan fingerprint density at radius 3 is 2.17 bits per heavy atom. The van der Waals surface area contributed by atoms with Crippen LogP contribution in [0.15, 0.2) is 42.0 Å². The van der Waals surface area contributed by atoms with Crippen LogP contribution in [0.5, 0.6) is 0 Å². The molecular weight excluding hydrogens is 386 g/mol. The lowest BCUT2D eigenvalue weighted by Gasteiger charge is -2.21. The van der Waals surface area contributed by atoms with Crippen LogP contribution in [0.3, 0.4) is 0 Å². The number of ether oxygens (including phenoxy) is 1. The van der Waals surface area contributed by atoms with Crippen molar-refractivity contribution in [2.24, 2.45) is 0 Å². The molecule has 1 atom stereocenters. The van der Waals surface area contributed by atoms with Crippen LogP contribution in [0, 0.1) is 0 Å². The third-order valence-corrected chi connectivity index (χ3v) is 5.69. The van der Waals surface area contributed by atoms with Gasteiger partial charge in [0.05, 0.1) is 31.8 Å². The van der Waals surface area contributed by atoms with E-state index in [-0.39, 0.29) is 11.7 Å². The Balaban J connectivity index is 1.90. The molecule has 1 heterocycles. The van der Waals surface area contributed by atoms with Gasteiger partial charge in [-0.15, -0.1) is 0 Å². The lowest BCUT2D eigenvalue weighted by atomic mass is 9.93. The fraction of sp³-hybridized carbons (Fsp3) is 0.263. The lowest BCUT2D eigenvalue weighted by Crippen LogP contribution is -2.20. The smallest absolute Gasteiger partial charge is 0.0875 e. The summed E-state index contributed by atoms with van der Waals surface area (Å²) in [6, 6.07) is 11.2. The van der Waals surface area contributed by atoms with Crippen molar-refractivity contribution in [3.63, 3.8) is 0 Å². The highest BCUT2D eigenvalue weighted by Crippen LogP contribution is 2.45. The summed E-state index contributed by atoms with van der Waals surface area (Å²) in [4.78, 5) is 0. The quantitative estimate of drug-likeness (QED) is 0.502. The van der Waals surface area contributed by atoms with E-state index in [2.05, 4.69) is 19.9 Å². The van der Waals surface area contributed by atoms with Crippen molar-refractivity contribution >= 4 is 52.5 Å². The van der Waals surface area contributed by atoms with Gasteiger partial charge in [-0.25, -0.2) is 0 Å². The Labute approximate surface area is 162 Å². The molecule has 1 nitrogen and oxygen atoms in total. The number of halogens is 4. The summed E-state index contributed by atoms with van der Waals surface area (Å²) in [5.74, 6) is 0. The molecule has 2 aromatic rings. The lowest BCUT2D eigenvalue weighted by molar-refractivity contribution is -0.00408. The Morgan fingerprint density at radius 1 is 0.917 bits per heavy atom. The zero-order valence-electron chi connectivity index (χ0n) is 13.2. The van der Waals surface area contributed by atoms with Crippen molar-refractivity contribution < 1.29 is 4.74 Å². The number of rotatable bonds is 2. The molecule has 0 aromatic heterocycles. The van der Waals surface area contributed by atoms with Gasteiger partial charge in [0.25, 0.3) is 0 Å². The summed E-state index contributed by atoms with van der Waals surface area (Å²) in [5, 5.41) is 2.18. The van der Waals surface area contributed by atoms with E-state index in [4.69, 9.17) is 51.1 Å². The minimum Gasteiger partial charge on any atom is -0.363 e. The van der Waals surface area contributed by atoms with Crippen LogP contribution in [0.4, 0.5) is 0 Å². The maximum absolute atomic E-state index is 6.24. The van der Waals surface area contributed by atoms with E-state index < -0.39 is 0 Å². The zero-order chi connectivity index (χ0) is 17.5. The molecule has 0 saturated carbocycles. The van der Waals surface area contributed by atoms with E-state index in [0.717, 1.165) is 17.5 Å². The van der Waals surface area contributed by atoms with Crippen LogP contribution in [0.2, 0.25) is 20.1 Å². The maximum Gasteiger partial charge on any atom is 0.0875 e. The minimum atomic E-state index is -0.372. The molecule has 126 valence electrons. The Kier molecular flexibility index (Phi) is 5.20. The first-order chi connectivity index (χ1) is 11.3. The number of benzene rings is 2. The van der Waals surface area contributed by atoms with Gasteiger partial charge >= 0.3 is 0 Å². The molecule has 0 spiro atoms. The van der Waals surface area contributed by atoms with Gasteiger partial charge in [-0.1, -0.05) is 64.6 Å². The summed E-state index contributed by atoms with van der Waals surface area (Å²) in [6.07, 6.45) is 2.84. The molecule has 5 heteroatoms. The van der Waals surface area contributed by atoms with E-state index in [1.54, 1.807) is 12.1 Å². The van der Waals surface area contributed by atoms with Crippen LogP contribution in [-0.2, 0) is 4.74 Å². The fourth-order valence-electron chi connectivity index (χ4n) is 2.85. The molecule has 1 aliphatic heterocycles. The van der Waals surface area contributed by atoms with Gasteiger partial charge in [0.2, 0.25) is 0 Å². The molecule has 0 amide bonds. The van der Waals surface area contributed by atoms with Crippen molar-refractivity contribution in [1.29, 1.82) is 0 Å². The van der Waals surface area contributed by atoms with E-state index >= 15 is 0 Å². The second-order valence-electron chi connectivity index (χ2n) is 6.34. The van der Waals surface area contributed by atoms with Crippen LogP contribution in [0.1, 0.15) is 37.5 Å². The van der Waals surface area contributed by atoms with E-state index in [0.29, 0.717) is 20.1 Å². The predicted octanol–water partition coefficient (Wildman–Crippen LogP) is 7.62. The zero-order valence-corrected chi connectivity index (χ0v) is 16.3. The predicted molar refractivity (Wildman–Crippen MR) is 103 cm³/mol. The molecule has 2 aromatic carbocycles. The average molecular weight is 402 g/mol. The van der Waals surface area contributed by atoms with Crippen molar-refractivity contribution in [2.45, 2.75) is 32.0 Å². The van der Waals surface area contributed by atoms with Gasteiger partial charge in [-0.2, -0.15) is 0 Å². The van der Waals surface area contributed by atoms with Gasteiger partial charge in [0.15, 0.2) is 0 Å². The highest BCUT2D eigenvalue weighted by molar-refractivity contribution is 6.42. The van der Waals surface area contributed by atoms with Crippen LogP contribution < -0.4 is 0 Å². The molecular formula is C19H16Cl4O. The first-order valence-electron chi connectivity index (χ1n) is 7.55. The highest BCUT2D eigenvalue weighted by atomic mass is 35.5. The minimum absolute atomic E-state index is 0.0520. The topological polar surface area (TPSA) is 9.23 Å². The van der Waals surface area contributed by atoms with E-state index in [1.165, 1.54) is 5.57 Å². The molecule has 0 bridgehead atoms. The molecule has 24 heavy (non-hydrogen) atoms. The third kappa shape index (κ3) is 3.76. The van der Waals surface area contributed by atoms with Crippen molar-refractivity contribution in [2.75, 3.05) is 0 Å². The average Bonchev–Trinajstić information content (AvgIpc) is 2.81. The van der Waals surface area contributed by atoms with Gasteiger partial charge in [0, 0.05) is 6.42 Å². The molecule has 1 fully saturated rings. The van der Waals surface area contributed by atoms with Crippen LogP contribution in [0.25, 0.3) is 6.08 Å². The van der Waals surface area contributed by atoms with Gasteiger partial charge in [-0.3, -0.25) is 0 Å². The monoisotopic (exact) mass is 400 g/mol. The Hall–Kier alpha value is -0.700. The van der Waals surface area contributed by atoms with Crippen LogP contribution in [-0.4, -0.2) is 5.60 Å². The largest absolute Gasteiger partial charge is 0.363 e. The standard InChI is InChI=1S/C19H16Cl4O/c1-19(2)13(7-11-3-5-14(20)16(22)8-11)10-18(24-19)12-4-6-15(21)17(23)9-12/h3-9,18H,10H2,1-2H3/b13-7-. The molecule has 0 N–H and O–H groups in total. The molecule has 1 unspecified atom stereocenters. The first kappa shape index (κ1) is 18.1. The Bertz CT molecular complexity index is 811. The summed E-state index contributed by atoms with van der Waals surface area (Å²) in [7, 11) is 0. The highest BCUT2D eigenvalue weighted by Gasteiger charge is 2.37. The Morgan fingerprint density at radius 2 is 1.54 bits per heavy atom. The van der Waals surface area contributed by atoms with Crippen molar-refractivity contribution in [1.82, 2.24) is 0 Å². The molecule has 1 aliphatic rings. The molecule has 0 radical (unpaired) electrons. The van der Waals surface area contributed by atoms with Crippen molar-refractivity contribution in [3.05, 3.63) is 73.2 Å². The fourth-order valence-corrected chi connectivity index (χ4v) is 3.47. The van der Waals surface area contributed by atoms with Gasteiger partial charge in [0.1, 0.15) is 0 Å². The van der Waals surface area contributed by atoms with Gasteiger partial charge < -0.3 is 4.74 Å². The molecule has 3 rings (SSSR count). The second kappa shape index (κ2) is 6.90. The number of hydrogen-bond donors (Lipinski definition) is 0. The van der Waals surface area contributed by atoms with Gasteiger partial charge in [-0.05, 0) is 54.8 Å². The van der Waals surface area contributed by atoms with E-state index in [1.807, 2.05) is 24.3 Å². The second-order valence-corrected chi connectivity index (χ2v) is 7.97.